The summed E-state index contributed by atoms with van der Waals surface area (Å²) in [5.74, 6) is -0.634. The molecule has 124 valence electrons. The lowest BCUT2D eigenvalue weighted by Crippen LogP contribution is -2.37. The lowest BCUT2D eigenvalue weighted by atomic mass is 9.64. The molecule has 3 rings (SSSR count). The van der Waals surface area contributed by atoms with Gasteiger partial charge in [-0.25, -0.2) is 0 Å². The van der Waals surface area contributed by atoms with Gasteiger partial charge in [-0.15, -0.1) is 0 Å². The Morgan fingerprint density at radius 2 is 1.42 bits per heavy atom. The normalized spacial score (nSPS) is 19.1. The van der Waals surface area contributed by atoms with Crippen molar-refractivity contribution in [2.24, 2.45) is 5.41 Å². The molecule has 2 aromatic carbocycles. The third-order valence-corrected chi connectivity index (χ3v) is 4.85. The monoisotopic (exact) mass is 325 g/mol. The van der Waals surface area contributed by atoms with E-state index in [0.717, 1.165) is 11.1 Å². The third-order valence-electron chi connectivity index (χ3n) is 4.85. The maximum absolute atomic E-state index is 12.4. The molecular weight excluding hydrogens is 306 g/mol. The summed E-state index contributed by atoms with van der Waals surface area (Å²) in [7, 11) is 1.37. The van der Waals surface area contributed by atoms with Crippen LogP contribution in [0.2, 0.25) is 0 Å². The van der Waals surface area contributed by atoms with Gasteiger partial charge in [0.2, 0.25) is 0 Å². The highest BCUT2D eigenvalue weighted by Gasteiger charge is 2.47. The molecule has 0 bridgehead atoms. The quantitative estimate of drug-likeness (QED) is 0.490. The van der Waals surface area contributed by atoms with Crippen LogP contribution >= 0.6 is 0 Å². The van der Waals surface area contributed by atoms with Crippen LogP contribution in [0.1, 0.15) is 48.1 Å². The lowest BCUT2D eigenvalue weighted by Gasteiger charge is -2.38. The van der Waals surface area contributed by atoms with E-state index in [-0.39, 0.29) is 16.8 Å². The molecule has 1 aliphatic carbocycles. The fourth-order valence-electron chi connectivity index (χ4n) is 3.77. The highest BCUT2D eigenvalue weighted by Crippen LogP contribution is 2.51. The number of ether oxygens (including phenoxy) is 1. The summed E-state index contributed by atoms with van der Waals surface area (Å²) in [6, 6.07) is 13.7. The Bertz CT molecular complexity index is 765. The summed E-state index contributed by atoms with van der Waals surface area (Å²) in [5, 5.41) is 11.7. The van der Waals surface area contributed by atoms with Crippen LogP contribution in [0.5, 0.6) is 0 Å². The zero-order chi connectivity index (χ0) is 17.5. The fourth-order valence-corrected chi connectivity index (χ4v) is 3.77. The average molecular weight is 325 g/mol. The highest BCUT2D eigenvalue weighted by atomic mass is 16.6. The molecule has 0 unspecified atom stereocenters. The molecule has 0 spiro atoms. The Kier molecular flexibility index (Phi) is 3.87. The van der Waals surface area contributed by atoms with Gasteiger partial charge in [-0.3, -0.25) is 14.9 Å². The minimum Gasteiger partial charge on any atom is -0.469 e. The topological polar surface area (TPSA) is 69.4 Å². The lowest BCUT2D eigenvalue weighted by molar-refractivity contribution is -0.517. The summed E-state index contributed by atoms with van der Waals surface area (Å²) >= 11 is 0. The number of fused-ring (bicyclic) bond motifs is 2. The predicted octanol–water partition coefficient (Wildman–Crippen LogP) is 3.70. The largest absolute Gasteiger partial charge is 0.469 e. The van der Waals surface area contributed by atoms with Crippen LogP contribution in [0.25, 0.3) is 0 Å². The number of esters is 1. The maximum Gasteiger partial charge on any atom is 0.312 e. The van der Waals surface area contributed by atoms with Gasteiger partial charge < -0.3 is 4.74 Å². The predicted molar refractivity (Wildman–Crippen MR) is 89.4 cm³/mol. The van der Waals surface area contributed by atoms with Gasteiger partial charge in [-0.1, -0.05) is 48.5 Å². The van der Waals surface area contributed by atoms with E-state index in [9.17, 15) is 14.9 Å². The molecule has 0 amide bonds. The van der Waals surface area contributed by atoms with Crippen LogP contribution in [-0.4, -0.2) is 18.0 Å². The van der Waals surface area contributed by atoms with Crippen molar-refractivity contribution in [2.45, 2.75) is 25.8 Å². The van der Waals surface area contributed by atoms with Gasteiger partial charge in [-0.05, 0) is 25.0 Å². The smallest absolute Gasteiger partial charge is 0.312 e. The first-order valence-electron chi connectivity index (χ1n) is 7.79. The molecule has 0 fully saturated rings. The molecule has 0 aliphatic heterocycles. The molecule has 0 atom stereocenters. The first-order valence-corrected chi connectivity index (χ1v) is 7.79. The molecule has 5 heteroatoms. The molecule has 0 radical (unpaired) electrons. The number of rotatable bonds is 3. The summed E-state index contributed by atoms with van der Waals surface area (Å²) in [6.07, 6.45) is 0. The Morgan fingerprint density at radius 3 is 1.79 bits per heavy atom. The average Bonchev–Trinajstić information content (AvgIpc) is 2.57. The zero-order valence-corrected chi connectivity index (χ0v) is 13.9. The Morgan fingerprint density at radius 1 is 1.00 bits per heavy atom. The second kappa shape index (κ2) is 5.74. The van der Waals surface area contributed by atoms with Crippen molar-refractivity contribution < 1.29 is 14.5 Å². The van der Waals surface area contributed by atoms with Crippen molar-refractivity contribution in [2.75, 3.05) is 7.11 Å². The Hall–Kier alpha value is -2.69. The van der Waals surface area contributed by atoms with Crippen molar-refractivity contribution in [1.82, 2.24) is 0 Å². The molecule has 24 heavy (non-hydrogen) atoms. The minimum atomic E-state index is -0.915. The van der Waals surface area contributed by atoms with E-state index in [1.807, 2.05) is 38.1 Å². The summed E-state index contributed by atoms with van der Waals surface area (Å²) in [5.41, 5.74) is 2.07. The van der Waals surface area contributed by atoms with Crippen molar-refractivity contribution in [3.05, 3.63) is 80.9 Å². The van der Waals surface area contributed by atoms with Crippen LogP contribution < -0.4 is 0 Å². The SMILES string of the molecule is COC(=O)C(C)(C)C1c2ccccc2C([N+](=O)[O-])c2ccccc21. The number of hydrogen-bond acceptors (Lipinski definition) is 4. The van der Waals surface area contributed by atoms with E-state index >= 15 is 0 Å². The minimum absolute atomic E-state index is 0.265. The number of carbonyl (C=O) groups is 1. The molecular formula is C19H19NO4. The van der Waals surface area contributed by atoms with Crippen LogP contribution in [0.3, 0.4) is 0 Å². The van der Waals surface area contributed by atoms with E-state index in [4.69, 9.17) is 4.74 Å². The maximum atomic E-state index is 12.4. The van der Waals surface area contributed by atoms with E-state index in [1.165, 1.54) is 7.11 Å². The Labute approximate surface area is 140 Å². The molecule has 0 saturated heterocycles. The van der Waals surface area contributed by atoms with Crippen LogP contribution in [0, 0.1) is 15.5 Å². The Balaban J connectivity index is 2.31. The molecule has 0 aromatic heterocycles. The number of hydrogen-bond donors (Lipinski definition) is 0. The van der Waals surface area contributed by atoms with Crippen molar-refractivity contribution in [1.29, 1.82) is 0 Å². The first-order chi connectivity index (χ1) is 11.4. The van der Waals surface area contributed by atoms with E-state index in [0.29, 0.717) is 11.1 Å². The van der Waals surface area contributed by atoms with Crippen molar-refractivity contribution >= 4 is 5.97 Å². The van der Waals surface area contributed by atoms with Gasteiger partial charge in [0.15, 0.2) is 0 Å². The van der Waals surface area contributed by atoms with Crippen LogP contribution in [0.15, 0.2) is 48.5 Å². The van der Waals surface area contributed by atoms with Gasteiger partial charge in [-0.2, -0.15) is 0 Å². The number of nitro groups is 1. The number of carbonyl (C=O) groups excluding carboxylic acids is 1. The van der Waals surface area contributed by atoms with E-state index < -0.39 is 11.5 Å². The second-order valence-electron chi connectivity index (χ2n) is 6.59. The third kappa shape index (κ3) is 2.28. The van der Waals surface area contributed by atoms with Gasteiger partial charge in [0.05, 0.1) is 12.5 Å². The molecule has 5 nitrogen and oxygen atoms in total. The zero-order valence-electron chi connectivity index (χ0n) is 13.9. The summed E-state index contributed by atoms with van der Waals surface area (Å²) in [4.78, 5) is 23.9. The second-order valence-corrected chi connectivity index (χ2v) is 6.59. The number of methoxy groups -OCH3 is 1. The van der Waals surface area contributed by atoms with Gasteiger partial charge in [0.1, 0.15) is 0 Å². The van der Waals surface area contributed by atoms with E-state index in [2.05, 4.69) is 0 Å². The van der Waals surface area contributed by atoms with E-state index in [1.54, 1.807) is 24.3 Å². The van der Waals surface area contributed by atoms with Crippen molar-refractivity contribution in [3.63, 3.8) is 0 Å². The van der Waals surface area contributed by atoms with Crippen LogP contribution in [0.4, 0.5) is 0 Å². The molecule has 2 aromatic rings. The molecule has 0 N–H and O–H groups in total. The number of benzene rings is 2. The summed E-state index contributed by atoms with van der Waals surface area (Å²) < 4.78 is 5.00. The van der Waals surface area contributed by atoms with Crippen molar-refractivity contribution in [3.8, 4) is 0 Å². The van der Waals surface area contributed by atoms with Gasteiger partial charge in [0, 0.05) is 22.0 Å². The molecule has 0 heterocycles. The van der Waals surface area contributed by atoms with Gasteiger partial charge in [0.25, 0.3) is 6.04 Å². The highest BCUT2D eigenvalue weighted by molar-refractivity contribution is 5.79. The fraction of sp³-hybridized carbons (Fsp3) is 0.316. The van der Waals surface area contributed by atoms with Gasteiger partial charge >= 0.3 is 5.97 Å². The molecule has 0 saturated carbocycles. The first kappa shape index (κ1) is 16.2. The number of nitrogens with zero attached hydrogens (tertiary/aromatic N) is 1. The summed E-state index contributed by atoms with van der Waals surface area (Å²) in [6.45, 7) is 3.65. The van der Waals surface area contributed by atoms with Crippen LogP contribution in [-0.2, 0) is 9.53 Å². The molecule has 1 aliphatic rings. The standard InChI is InChI=1S/C19H19NO4/c1-19(2,18(21)24-3)16-12-8-4-6-10-14(12)17(20(22)23)15-11-7-5-9-13(15)16/h4-11,16-17H,1-3H3.